The second kappa shape index (κ2) is 9.89. The van der Waals surface area contributed by atoms with Crippen LogP contribution in [0.3, 0.4) is 0 Å². The lowest BCUT2D eigenvalue weighted by atomic mass is 10.2. The summed E-state index contributed by atoms with van der Waals surface area (Å²) in [4.78, 5) is 22.7. The van der Waals surface area contributed by atoms with Crippen molar-refractivity contribution in [1.82, 2.24) is 19.9 Å². The first-order valence-electron chi connectivity index (χ1n) is 9.79. The number of hydrogen-bond acceptors (Lipinski definition) is 4. The monoisotopic (exact) mass is 414 g/mol. The van der Waals surface area contributed by atoms with E-state index in [0.29, 0.717) is 23.6 Å². The van der Waals surface area contributed by atoms with Gasteiger partial charge in [0.1, 0.15) is 10.9 Å². The fourth-order valence-electron chi connectivity index (χ4n) is 3.12. The van der Waals surface area contributed by atoms with Crippen LogP contribution in [-0.4, -0.2) is 27.0 Å². The van der Waals surface area contributed by atoms with Crippen LogP contribution in [0.4, 0.5) is 0 Å². The van der Waals surface area contributed by atoms with Gasteiger partial charge in [0.25, 0.3) is 5.91 Å². The van der Waals surface area contributed by atoms with Crippen LogP contribution >= 0.6 is 11.8 Å². The van der Waals surface area contributed by atoms with Crippen LogP contribution in [0.2, 0.25) is 0 Å². The fraction of sp³-hybridized carbons (Fsp3) is 0.125. The summed E-state index contributed by atoms with van der Waals surface area (Å²) in [5, 5.41) is 3.71. The van der Waals surface area contributed by atoms with E-state index in [0.717, 1.165) is 17.3 Å². The van der Waals surface area contributed by atoms with Crippen LogP contribution in [0.25, 0.3) is 0 Å². The van der Waals surface area contributed by atoms with Crippen molar-refractivity contribution in [3.05, 3.63) is 108 Å². The van der Waals surface area contributed by atoms with Crippen molar-refractivity contribution >= 4 is 17.7 Å². The van der Waals surface area contributed by atoms with Crippen molar-refractivity contribution in [3.63, 3.8) is 0 Å². The minimum absolute atomic E-state index is 0.123. The molecule has 2 aromatic carbocycles. The molecule has 0 spiro atoms. The number of benzene rings is 2. The van der Waals surface area contributed by atoms with Crippen LogP contribution in [0.5, 0.6) is 0 Å². The molecule has 6 heteroatoms. The Kier molecular flexibility index (Phi) is 6.57. The molecule has 0 aliphatic heterocycles. The van der Waals surface area contributed by atoms with Crippen LogP contribution in [-0.2, 0) is 13.0 Å². The number of carbonyl (C=O) groups is 1. The summed E-state index contributed by atoms with van der Waals surface area (Å²) < 4.78 is 2.11. The zero-order chi connectivity index (χ0) is 20.6. The lowest BCUT2D eigenvalue weighted by Gasteiger charge is -2.10. The molecule has 0 aliphatic rings. The van der Waals surface area contributed by atoms with Crippen molar-refractivity contribution < 1.29 is 4.79 Å². The number of pyridine rings is 1. The van der Waals surface area contributed by atoms with Gasteiger partial charge in [0.15, 0.2) is 0 Å². The van der Waals surface area contributed by atoms with Gasteiger partial charge in [-0.15, -0.1) is 0 Å². The van der Waals surface area contributed by atoms with Crippen molar-refractivity contribution in [2.45, 2.75) is 22.9 Å². The summed E-state index contributed by atoms with van der Waals surface area (Å²) >= 11 is 1.49. The predicted octanol–water partition coefficient (Wildman–Crippen LogP) is 4.45. The summed E-state index contributed by atoms with van der Waals surface area (Å²) in [6.07, 6.45) is 6.14. The van der Waals surface area contributed by atoms with E-state index < -0.39 is 0 Å². The van der Waals surface area contributed by atoms with E-state index in [2.05, 4.69) is 32.0 Å². The van der Waals surface area contributed by atoms with Gasteiger partial charge in [-0.2, -0.15) is 0 Å². The Morgan fingerprint density at radius 2 is 1.67 bits per heavy atom. The smallest absolute Gasteiger partial charge is 0.254 e. The van der Waals surface area contributed by atoms with Crippen LogP contribution in [0, 0.1) is 0 Å². The molecule has 4 rings (SSSR count). The largest absolute Gasteiger partial charge is 0.352 e. The molecule has 0 unspecified atom stereocenters. The van der Waals surface area contributed by atoms with E-state index in [-0.39, 0.29) is 5.91 Å². The topological polar surface area (TPSA) is 59.8 Å². The minimum Gasteiger partial charge on any atom is -0.352 e. The highest BCUT2D eigenvalue weighted by Gasteiger charge is 2.13. The number of aromatic nitrogens is 3. The highest BCUT2D eigenvalue weighted by atomic mass is 32.2. The molecule has 0 fully saturated rings. The molecule has 4 aromatic rings. The first-order valence-corrected chi connectivity index (χ1v) is 10.6. The van der Waals surface area contributed by atoms with E-state index in [1.807, 2.05) is 60.8 Å². The van der Waals surface area contributed by atoms with Crippen LogP contribution < -0.4 is 5.32 Å². The maximum Gasteiger partial charge on any atom is 0.254 e. The molecule has 0 saturated carbocycles. The Hall–Kier alpha value is -3.38. The van der Waals surface area contributed by atoms with Crippen molar-refractivity contribution in [2.24, 2.45) is 0 Å². The Morgan fingerprint density at radius 3 is 2.47 bits per heavy atom. The Morgan fingerprint density at radius 1 is 0.900 bits per heavy atom. The summed E-state index contributed by atoms with van der Waals surface area (Å²) in [6.45, 7) is 1.28. The molecule has 0 atom stereocenters. The SMILES string of the molecule is O=C(NCCc1nccn1Cc1ccccc1)c1cccnc1Sc1ccccc1. The number of hydrogen-bond donors (Lipinski definition) is 1. The van der Waals surface area contributed by atoms with Gasteiger partial charge in [0.2, 0.25) is 0 Å². The van der Waals surface area contributed by atoms with Gasteiger partial charge in [0, 0.05) is 43.0 Å². The molecular formula is C24H22N4OS. The Balaban J connectivity index is 1.37. The quantitative estimate of drug-likeness (QED) is 0.463. The number of nitrogens with one attached hydrogen (secondary N) is 1. The molecule has 1 amide bonds. The van der Waals surface area contributed by atoms with E-state index in [1.165, 1.54) is 17.3 Å². The van der Waals surface area contributed by atoms with Crippen LogP contribution in [0.1, 0.15) is 21.7 Å². The molecule has 2 heterocycles. The lowest BCUT2D eigenvalue weighted by molar-refractivity contribution is 0.0950. The van der Waals surface area contributed by atoms with Gasteiger partial charge in [0.05, 0.1) is 5.56 Å². The molecule has 150 valence electrons. The molecule has 30 heavy (non-hydrogen) atoms. The highest BCUT2D eigenvalue weighted by Crippen LogP contribution is 2.28. The number of nitrogens with zero attached hydrogens (tertiary/aromatic N) is 3. The summed E-state index contributed by atoms with van der Waals surface area (Å²) in [6, 6.07) is 23.8. The molecule has 0 saturated heterocycles. The Labute approximate surface area is 180 Å². The molecule has 1 N–H and O–H groups in total. The van der Waals surface area contributed by atoms with Crippen molar-refractivity contribution in [2.75, 3.05) is 6.54 Å². The molecule has 0 bridgehead atoms. The average molecular weight is 415 g/mol. The standard InChI is InChI=1S/C24H22N4OS/c29-23(21-12-7-14-27-24(21)30-20-10-5-2-6-11-20)26-15-13-22-25-16-17-28(22)18-19-8-3-1-4-9-19/h1-12,14,16-17H,13,15,18H2,(H,26,29). The third-order valence-electron chi connectivity index (χ3n) is 4.61. The zero-order valence-electron chi connectivity index (χ0n) is 16.4. The van der Waals surface area contributed by atoms with Gasteiger partial charge in [-0.05, 0) is 29.8 Å². The van der Waals surface area contributed by atoms with Gasteiger partial charge in [-0.1, -0.05) is 60.3 Å². The van der Waals surface area contributed by atoms with E-state index in [1.54, 1.807) is 18.5 Å². The first-order chi connectivity index (χ1) is 14.8. The number of amides is 1. The van der Waals surface area contributed by atoms with E-state index >= 15 is 0 Å². The third-order valence-corrected chi connectivity index (χ3v) is 5.63. The van der Waals surface area contributed by atoms with Gasteiger partial charge >= 0.3 is 0 Å². The summed E-state index contributed by atoms with van der Waals surface area (Å²) in [5.41, 5.74) is 1.80. The van der Waals surface area contributed by atoms with Gasteiger partial charge < -0.3 is 9.88 Å². The molecule has 5 nitrogen and oxygen atoms in total. The van der Waals surface area contributed by atoms with Gasteiger partial charge in [-0.3, -0.25) is 4.79 Å². The van der Waals surface area contributed by atoms with Gasteiger partial charge in [-0.25, -0.2) is 9.97 Å². The van der Waals surface area contributed by atoms with E-state index in [4.69, 9.17) is 0 Å². The average Bonchev–Trinajstić information content (AvgIpc) is 3.22. The third kappa shape index (κ3) is 5.15. The van der Waals surface area contributed by atoms with Crippen LogP contribution in [0.15, 0.2) is 101 Å². The molecule has 0 aliphatic carbocycles. The highest BCUT2D eigenvalue weighted by molar-refractivity contribution is 7.99. The zero-order valence-corrected chi connectivity index (χ0v) is 17.3. The molecule has 2 aromatic heterocycles. The summed E-state index contributed by atoms with van der Waals surface area (Å²) in [5.74, 6) is 0.826. The first kappa shape index (κ1) is 19.9. The predicted molar refractivity (Wildman–Crippen MR) is 119 cm³/mol. The number of imidazole rings is 1. The maximum absolute atomic E-state index is 12.8. The van der Waals surface area contributed by atoms with Crippen molar-refractivity contribution in [3.8, 4) is 0 Å². The fourth-order valence-corrected chi connectivity index (χ4v) is 4.02. The second-order valence-corrected chi connectivity index (χ2v) is 7.80. The normalized spacial score (nSPS) is 10.7. The minimum atomic E-state index is -0.123. The number of carbonyl (C=O) groups excluding carboxylic acids is 1. The second-order valence-electron chi connectivity index (χ2n) is 6.73. The maximum atomic E-state index is 12.8. The molecule has 0 radical (unpaired) electrons. The van der Waals surface area contributed by atoms with Crippen molar-refractivity contribution in [1.29, 1.82) is 0 Å². The molecular weight excluding hydrogens is 392 g/mol. The summed E-state index contributed by atoms with van der Waals surface area (Å²) in [7, 11) is 0. The Bertz CT molecular complexity index is 1100. The van der Waals surface area contributed by atoms with E-state index in [9.17, 15) is 4.79 Å². The lowest BCUT2D eigenvalue weighted by Crippen LogP contribution is -2.27. The number of rotatable bonds is 8.